The van der Waals surface area contributed by atoms with Gasteiger partial charge >= 0.3 is 0 Å². The summed E-state index contributed by atoms with van der Waals surface area (Å²) in [5, 5.41) is 6.93. The summed E-state index contributed by atoms with van der Waals surface area (Å²) in [6, 6.07) is 21.2. The number of rotatable bonds is 6. The van der Waals surface area contributed by atoms with E-state index in [1.807, 2.05) is 25.2 Å². The van der Waals surface area contributed by atoms with Crippen LogP contribution in [-0.4, -0.2) is 45.8 Å². The number of ether oxygens (including phenoxy) is 1. The van der Waals surface area contributed by atoms with Gasteiger partial charge in [-0.15, -0.1) is 24.0 Å². The summed E-state index contributed by atoms with van der Waals surface area (Å²) >= 11 is 0. The summed E-state index contributed by atoms with van der Waals surface area (Å²) in [6.45, 7) is 2.72. The lowest BCUT2D eigenvalue weighted by molar-refractivity contribution is 0.106. The molecule has 1 fully saturated rings. The third kappa shape index (κ3) is 6.10. The quantitative estimate of drug-likeness (QED) is 0.378. The number of methoxy groups -OCH3 is 1. The van der Waals surface area contributed by atoms with Crippen LogP contribution in [0.5, 0.6) is 0 Å². The lowest BCUT2D eigenvalue weighted by atomic mass is 10.1. The second-order valence-corrected chi connectivity index (χ2v) is 6.50. The topological polar surface area (TPSA) is 48.9 Å². The summed E-state index contributed by atoms with van der Waals surface area (Å²) in [4.78, 5) is 6.78. The molecule has 2 aromatic carbocycles. The molecule has 0 aliphatic carbocycles. The highest BCUT2D eigenvalue weighted by molar-refractivity contribution is 14.0. The van der Waals surface area contributed by atoms with Gasteiger partial charge in [0.2, 0.25) is 0 Å². The molecule has 6 heteroatoms. The maximum Gasteiger partial charge on any atom is 0.191 e. The molecule has 0 saturated carbocycles. The molecule has 27 heavy (non-hydrogen) atoms. The summed E-state index contributed by atoms with van der Waals surface area (Å²) in [6.07, 6.45) is 1.10. The Labute approximate surface area is 179 Å². The van der Waals surface area contributed by atoms with E-state index in [9.17, 15) is 0 Å². The fourth-order valence-electron chi connectivity index (χ4n) is 3.33. The third-order valence-electron chi connectivity index (χ3n) is 4.78. The first kappa shape index (κ1) is 21.5. The van der Waals surface area contributed by atoms with Crippen molar-refractivity contribution >= 4 is 35.6 Å². The van der Waals surface area contributed by atoms with E-state index in [4.69, 9.17) is 4.74 Å². The molecule has 2 atom stereocenters. The standard InChI is InChI=1S/C21H28N4O.HI/c1-22-21(23-15-20(26-2)17-9-5-3-6-10-17)24-18-13-14-25(16-18)19-11-7-4-8-12-19;/h3-12,18,20H,13-16H2,1-2H3,(H2,22,23,24);1H. The highest BCUT2D eigenvalue weighted by atomic mass is 127. The second kappa shape index (κ2) is 11.1. The molecule has 0 radical (unpaired) electrons. The van der Waals surface area contributed by atoms with Gasteiger partial charge in [0.1, 0.15) is 0 Å². The zero-order valence-electron chi connectivity index (χ0n) is 16.0. The first-order valence-electron chi connectivity index (χ1n) is 9.15. The maximum atomic E-state index is 5.62. The highest BCUT2D eigenvalue weighted by Gasteiger charge is 2.23. The van der Waals surface area contributed by atoms with Gasteiger partial charge in [0.05, 0.1) is 6.10 Å². The molecule has 146 valence electrons. The summed E-state index contributed by atoms with van der Waals surface area (Å²) in [5.41, 5.74) is 2.44. The summed E-state index contributed by atoms with van der Waals surface area (Å²) < 4.78 is 5.62. The van der Waals surface area contributed by atoms with E-state index < -0.39 is 0 Å². The molecule has 1 heterocycles. The Morgan fingerprint density at radius 2 is 1.81 bits per heavy atom. The van der Waals surface area contributed by atoms with Crippen molar-refractivity contribution in [1.29, 1.82) is 0 Å². The second-order valence-electron chi connectivity index (χ2n) is 6.50. The number of hydrogen-bond donors (Lipinski definition) is 2. The van der Waals surface area contributed by atoms with Crippen molar-refractivity contribution in [1.82, 2.24) is 10.6 Å². The van der Waals surface area contributed by atoms with E-state index in [-0.39, 0.29) is 30.1 Å². The number of nitrogens with zero attached hydrogens (tertiary/aromatic N) is 2. The fraction of sp³-hybridized carbons (Fsp3) is 0.381. The number of hydrogen-bond acceptors (Lipinski definition) is 3. The van der Waals surface area contributed by atoms with E-state index >= 15 is 0 Å². The number of anilines is 1. The Hall–Kier alpha value is -1.80. The molecule has 2 N–H and O–H groups in total. The minimum atomic E-state index is -0.000791. The fourth-order valence-corrected chi connectivity index (χ4v) is 3.33. The molecular weight excluding hydrogens is 451 g/mol. The van der Waals surface area contributed by atoms with Gasteiger partial charge in [0, 0.05) is 45.5 Å². The first-order chi connectivity index (χ1) is 12.8. The van der Waals surface area contributed by atoms with Crippen LogP contribution in [0.1, 0.15) is 18.1 Å². The van der Waals surface area contributed by atoms with Crippen molar-refractivity contribution in [2.45, 2.75) is 18.6 Å². The van der Waals surface area contributed by atoms with Crippen molar-refractivity contribution < 1.29 is 4.74 Å². The minimum absolute atomic E-state index is 0. The summed E-state index contributed by atoms with van der Waals surface area (Å²) in [7, 11) is 3.55. The summed E-state index contributed by atoms with van der Waals surface area (Å²) in [5.74, 6) is 0.822. The van der Waals surface area contributed by atoms with Crippen LogP contribution >= 0.6 is 24.0 Å². The van der Waals surface area contributed by atoms with Crippen LogP contribution in [0.2, 0.25) is 0 Å². The van der Waals surface area contributed by atoms with Gasteiger partial charge in [-0.25, -0.2) is 0 Å². The number of aliphatic imine (C=N–C) groups is 1. The van der Waals surface area contributed by atoms with Gasteiger partial charge in [-0.05, 0) is 24.1 Å². The van der Waals surface area contributed by atoms with E-state index in [0.717, 1.165) is 31.0 Å². The first-order valence-corrected chi connectivity index (χ1v) is 9.15. The van der Waals surface area contributed by atoms with Gasteiger partial charge in [-0.1, -0.05) is 48.5 Å². The Morgan fingerprint density at radius 1 is 1.15 bits per heavy atom. The minimum Gasteiger partial charge on any atom is -0.375 e. The van der Waals surface area contributed by atoms with E-state index in [1.165, 1.54) is 5.69 Å². The largest absolute Gasteiger partial charge is 0.375 e. The van der Waals surface area contributed by atoms with Gasteiger partial charge in [0.25, 0.3) is 0 Å². The van der Waals surface area contributed by atoms with Crippen LogP contribution in [0.4, 0.5) is 5.69 Å². The smallest absolute Gasteiger partial charge is 0.191 e. The Bertz CT molecular complexity index is 696. The van der Waals surface area contributed by atoms with E-state index in [2.05, 4.69) is 63.0 Å². The highest BCUT2D eigenvalue weighted by Crippen LogP contribution is 2.19. The molecular formula is C21H29IN4O. The zero-order valence-corrected chi connectivity index (χ0v) is 18.3. The molecule has 0 amide bonds. The Morgan fingerprint density at radius 3 is 2.44 bits per heavy atom. The molecule has 5 nitrogen and oxygen atoms in total. The predicted molar refractivity (Wildman–Crippen MR) is 123 cm³/mol. The van der Waals surface area contributed by atoms with Crippen molar-refractivity contribution in [2.75, 3.05) is 38.7 Å². The van der Waals surface area contributed by atoms with Gasteiger partial charge < -0.3 is 20.3 Å². The van der Waals surface area contributed by atoms with Crippen LogP contribution in [0, 0.1) is 0 Å². The Kier molecular flexibility index (Phi) is 8.87. The molecule has 0 bridgehead atoms. The van der Waals surface area contributed by atoms with Crippen LogP contribution < -0.4 is 15.5 Å². The van der Waals surface area contributed by atoms with Crippen molar-refractivity contribution in [3.63, 3.8) is 0 Å². The van der Waals surface area contributed by atoms with Crippen LogP contribution in [-0.2, 0) is 4.74 Å². The number of benzene rings is 2. The molecule has 2 unspecified atom stereocenters. The van der Waals surface area contributed by atoms with Gasteiger partial charge in [-0.2, -0.15) is 0 Å². The SMILES string of the molecule is CN=C(NCC(OC)c1ccccc1)NC1CCN(c2ccccc2)C1.I. The van der Waals surface area contributed by atoms with E-state index in [0.29, 0.717) is 12.6 Å². The molecule has 0 spiro atoms. The number of halogens is 1. The van der Waals surface area contributed by atoms with Crippen molar-refractivity contribution in [3.8, 4) is 0 Å². The lowest BCUT2D eigenvalue weighted by Gasteiger charge is -2.22. The normalized spacial score (nSPS) is 17.9. The molecule has 1 aliphatic rings. The monoisotopic (exact) mass is 480 g/mol. The third-order valence-corrected chi connectivity index (χ3v) is 4.78. The number of nitrogens with one attached hydrogen (secondary N) is 2. The van der Waals surface area contributed by atoms with Crippen LogP contribution in [0.15, 0.2) is 65.7 Å². The number of guanidine groups is 1. The van der Waals surface area contributed by atoms with Gasteiger partial charge in [-0.3, -0.25) is 4.99 Å². The molecule has 1 saturated heterocycles. The van der Waals surface area contributed by atoms with E-state index in [1.54, 1.807) is 7.11 Å². The van der Waals surface area contributed by atoms with Crippen molar-refractivity contribution in [2.24, 2.45) is 4.99 Å². The zero-order chi connectivity index (χ0) is 18.2. The molecule has 2 aromatic rings. The predicted octanol–water partition coefficient (Wildman–Crippen LogP) is 3.44. The maximum absolute atomic E-state index is 5.62. The van der Waals surface area contributed by atoms with Crippen LogP contribution in [0.3, 0.4) is 0 Å². The average molecular weight is 480 g/mol. The molecule has 0 aromatic heterocycles. The van der Waals surface area contributed by atoms with Crippen LogP contribution in [0.25, 0.3) is 0 Å². The lowest BCUT2D eigenvalue weighted by Crippen LogP contribution is -2.45. The van der Waals surface area contributed by atoms with Gasteiger partial charge in [0.15, 0.2) is 5.96 Å². The molecule has 1 aliphatic heterocycles. The van der Waals surface area contributed by atoms with Crippen molar-refractivity contribution in [3.05, 3.63) is 66.2 Å². The average Bonchev–Trinajstić information content (AvgIpc) is 3.17. The number of para-hydroxylation sites is 1. The molecule has 3 rings (SSSR count). The Balaban J connectivity index is 0.00000261.